The summed E-state index contributed by atoms with van der Waals surface area (Å²) in [4.78, 5) is 19.8. The summed E-state index contributed by atoms with van der Waals surface area (Å²) in [5, 5.41) is 0.324. The first kappa shape index (κ1) is 23.6. The van der Waals surface area contributed by atoms with Gasteiger partial charge in [-0.25, -0.2) is 0 Å². The van der Waals surface area contributed by atoms with Crippen LogP contribution in [0, 0.1) is 6.92 Å². The van der Waals surface area contributed by atoms with E-state index in [1.165, 1.54) is 6.07 Å². The van der Waals surface area contributed by atoms with Gasteiger partial charge in [-0.1, -0.05) is 35.9 Å². The van der Waals surface area contributed by atoms with Crippen LogP contribution in [0.1, 0.15) is 27.2 Å². The maximum atomic E-state index is 11.6. The third-order valence-electron chi connectivity index (χ3n) is 5.87. The first-order valence-electron chi connectivity index (χ1n) is 11.4. The molecule has 0 unspecified atom stereocenters. The molecule has 36 heavy (non-hydrogen) atoms. The lowest BCUT2D eigenvalue weighted by Gasteiger charge is -2.20. The maximum Gasteiger partial charge on any atom is 0.161 e. The van der Waals surface area contributed by atoms with Crippen molar-refractivity contribution in [3.8, 4) is 34.1 Å². The Kier molecular flexibility index (Phi) is 7.00. The van der Waals surface area contributed by atoms with Crippen molar-refractivity contribution < 1.29 is 23.7 Å². The molecule has 1 aliphatic rings. The number of hydrogen-bond acceptors (Lipinski definition) is 7. The van der Waals surface area contributed by atoms with E-state index in [0.29, 0.717) is 47.3 Å². The van der Waals surface area contributed by atoms with Gasteiger partial charge in [-0.05, 0) is 47.4 Å². The molecule has 1 aliphatic heterocycles. The summed E-state index contributed by atoms with van der Waals surface area (Å²) in [6, 6.07) is 15.2. The van der Waals surface area contributed by atoms with Crippen LogP contribution in [-0.2, 0) is 13.2 Å². The van der Waals surface area contributed by atoms with Gasteiger partial charge in [0.15, 0.2) is 17.8 Å². The summed E-state index contributed by atoms with van der Waals surface area (Å²) in [5.74, 6) is 2.28. The molecule has 0 amide bonds. The Labute approximate surface area is 213 Å². The van der Waals surface area contributed by atoms with E-state index in [1.54, 1.807) is 24.7 Å². The van der Waals surface area contributed by atoms with Gasteiger partial charge in [0, 0.05) is 18.5 Å². The summed E-state index contributed by atoms with van der Waals surface area (Å²) in [6.07, 6.45) is 5.46. The van der Waals surface area contributed by atoms with Crippen LogP contribution in [0.5, 0.6) is 23.0 Å². The van der Waals surface area contributed by atoms with Gasteiger partial charge in [0.05, 0.1) is 22.5 Å². The minimum absolute atomic E-state index is 0.159. The van der Waals surface area contributed by atoms with Gasteiger partial charge in [-0.15, -0.1) is 0 Å². The van der Waals surface area contributed by atoms with Gasteiger partial charge in [-0.2, -0.15) is 0 Å². The van der Waals surface area contributed by atoms with Crippen molar-refractivity contribution in [2.45, 2.75) is 20.1 Å². The molecule has 0 saturated carbocycles. The molecule has 0 saturated heterocycles. The zero-order chi connectivity index (χ0) is 24.9. The number of carbonyl (C=O) groups is 1. The number of fused-ring (bicyclic) bond motifs is 1. The highest BCUT2D eigenvalue weighted by atomic mass is 35.5. The molecular formula is C28H23ClN2O5. The van der Waals surface area contributed by atoms with Crippen LogP contribution in [0.2, 0.25) is 5.02 Å². The molecule has 2 heterocycles. The summed E-state index contributed by atoms with van der Waals surface area (Å²) in [5.41, 5.74) is 5.15. The molecule has 0 atom stereocenters. The summed E-state index contributed by atoms with van der Waals surface area (Å²) >= 11 is 6.41. The molecule has 8 heteroatoms. The van der Waals surface area contributed by atoms with Gasteiger partial charge in [0.1, 0.15) is 37.9 Å². The molecule has 0 fully saturated rings. The largest absolute Gasteiger partial charge is 0.487 e. The first-order chi connectivity index (χ1) is 17.6. The van der Waals surface area contributed by atoms with E-state index in [4.69, 9.17) is 30.5 Å². The van der Waals surface area contributed by atoms with E-state index in [0.717, 1.165) is 33.8 Å². The Hall–Kier alpha value is -4.10. The molecule has 3 aromatic carbocycles. The highest BCUT2D eigenvalue weighted by Crippen LogP contribution is 2.37. The first-order valence-corrected chi connectivity index (χ1v) is 11.8. The molecule has 4 aromatic rings. The topological polar surface area (TPSA) is 79.8 Å². The van der Waals surface area contributed by atoms with Crippen LogP contribution in [0.15, 0.2) is 67.1 Å². The van der Waals surface area contributed by atoms with E-state index in [2.05, 4.69) is 23.0 Å². The van der Waals surface area contributed by atoms with E-state index in [9.17, 15) is 4.79 Å². The molecule has 5 rings (SSSR count). The molecule has 0 aliphatic carbocycles. The lowest BCUT2D eigenvalue weighted by atomic mass is 9.96. The average Bonchev–Trinajstić information content (AvgIpc) is 2.92. The molecule has 0 spiro atoms. The fourth-order valence-corrected chi connectivity index (χ4v) is 4.18. The Morgan fingerprint density at radius 1 is 0.972 bits per heavy atom. The quantitative estimate of drug-likeness (QED) is 0.280. The molecule has 0 N–H and O–H groups in total. The zero-order valence-corrected chi connectivity index (χ0v) is 20.3. The molecular weight excluding hydrogens is 480 g/mol. The van der Waals surface area contributed by atoms with Crippen LogP contribution in [-0.4, -0.2) is 29.5 Å². The zero-order valence-electron chi connectivity index (χ0n) is 19.6. The number of nitrogens with zero attached hydrogens (tertiary/aromatic N) is 2. The number of rotatable bonds is 8. The molecule has 0 bridgehead atoms. The fraction of sp³-hybridized carbons (Fsp3) is 0.179. The van der Waals surface area contributed by atoms with Crippen LogP contribution >= 0.6 is 11.6 Å². The highest BCUT2D eigenvalue weighted by Gasteiger charge is 2.16. The molecule has 0 radical (unpaired) electrons. The second-order valence-corrected chi connectivity index (χ2v) is 8.57. The Morgan fingerprint density at radius 2 is 1.81 bits per heavy atom. The van der Waals surface area contributed by atoms with E-state index in [-0.39, 0.29) is 13.2 Å². The number of halogens is 1. The smallest absolute Gasteiger partial charge is 0.161 e. The number of ether oxygens (including phenoxy) is 4. The lowest BCUT2D eigenvalue weighted by Crippen LogP contribution is -2.15. The van der Waals surface area contributed by atoms with E-state index >= 15 is 0 Å². The van der Waals surface area contributed by atoms with Crippen molar-refractivity contribution in [3.05, 3.63) is 94.5 Å². The third kappa shape index (κ3) is 5.11. The summed E-state index contributed by atoms with van der Waals surface area (Å²) in [6.45, 7) is 3.59. The number of aldehydes is 1. The summed E-state index contributed by atoms with van der Waals surface area (Å²) in [7, 11) is 0. The Balaban J connectivity index is 1.35. The van der Waals surface area contributed by atoms with Crippen molar-refractivity contribution in [2.75, 3.05) is 13.2 Å². The van der Waals surface area contributed by atoms with Gasteiger partial charge < -0.3 is 18.9 Å². The second kappa shape index (κ2) is 10.7. The summed E-state index contributed by atoms with van der Waals surface area (Å²) < 4.78 is 23.3. The monoisotopic (exact) mass is 502 g/mol. The minimum atomic E-state index is 0.159. The second-order valence-electron chi connectivity index (χ2n) is 8.16. The lowest BCUT2D eigenvalue weighted by molar-refractivity contribution is 0.111. The van der Waals surface area contributed by atoms with Crippen LogP contribution in [0.3, 0.4) is 0 Å². The fourth-order valence-electron chi connectivity index (χ4n) is 3.95. The number of carbonyl (C=O) groups excluding carboxylic acids is 1. The average molecular weight is 503 g/mol. The van der Waals surface area contributed by atoms with Gasteiger partial charge in [0.25, 0.3) is 0 Å². The number of aromatic nitrogens is 2. The van der Waals surface area contributed by atoms with Crippen molar-refractivity contribution in [3.63, 3.8) is 0 Å². The molecule has 1 aromatic heterocycles. The third-order valence-corrected chi connectivity index (χ3v) is 6.16. The molecule has 182 valence electrons. The van der Waals surface area contributed by atoms with Crippen LogP contribution in [0.4, 0.5) is 0 Å². The predicted octanol–water partition coefficient (Wildman–Crippen LogP) is 5.85. The van der Waals surface area contributed by atoms with Gasteiger partial charge in [0.2, 0.25) is 0 Å². The van der Waals surface area contributed by atoms with Crippen molar-refractivity contribution in [1.29, 1.82) is 0 Å². The SMILES string of the molecule is Cc1c(COc2cc(OCc3cnccn3)c(C=O)cc2Cl)cccc1-c1ccc2c(c1)OCCO2. The highest BCUT2D eigenvalue weighted by molar-refractivity contribution is 6.32. The van der Waals surface area contributed by atoms with Crippen LogP contribution < -0.4 is 18.9 Å². The van der Waals surface area contributed by atoms with E-state index in [1.807, 2.05) is 30.3 Å². The van der Waals surface area contributed by atoms with Crippen molar-refractivity contribution in [2.24, 2.45) is 0 Å². The maximum absolute atomic E-state index is 11.6. The Morgan fingerprint density at radius 3 is 2.61 bits per heavy atom. The standard InChI is InChI=1S/C28H23ClN2O5/c1-18-20(3-2-4-23(18)19-5-6-25-28(12-19)34-10-9-33-25)16-35-27-13-26(21(15-32)11-24(27)29)36-17-22-14-30-7-8-31-22/h2-8,11-15H,9-10,16-17H2,1H3. The minimum Gasteiger partial charge on any atom is -0.487 e. The predicted molar refractivity (Wildman–Crippen MR) is 135 cm³/mol. The molecule has 7 nitrogen and oxygen atoms in total. The van der Waals surface area contributed by atoms with Crippen molar-refractivity contribution >= 4 is 17.9 Å². The Bertz CT molecular complexity index is 1390. The van der Waals surface area contributed by atoms with Crippen LogP contribution in [0.25, 0.3) is 11.1 Å². The van der Waals surface area contributed by atoms with Gasteiger partial charge >= 0.3 is 0 Å². The van der Waals surface area contributed by atoms with Crippen molar-refractivity contribution in [1.82, 2.24) is 9.97 Å². The number of benzene rings is 3. The normalized spacial score (nSPS) is 12.2. The van der Waals surface area contributed by atoms with Gasteiger partial charge in [-0.3, -0.25) is 14.8 Å². The number of hydrogen-bond donors (Lipinski definition) is 0. The van der Waals surface area contributed by atoms with E-state index < -0.39 is 0 Å².